The van der Waals surface area contributed by atoms with Gasteiger partial charge in [-0.2, -0.15) is 0 Å². The van der Waals surface area contributed by atoms with Gasteiger partial charge in [-0.1, -0.05) is 54.6 Å². The van der Waals surface area contributed by atoms with Crippen LogP contribution < -0.4 is 10.2 Å². The number of anilines is 1. The zero-order valence-corrected chi connectivity index (χ0v) is 22.7. The summed E-state index contributed by atoms with van der Waals surface area (Å²) in [6.07, 6.45) is 3.44. The summed E-state index contributed by atoms with van der Waals surface area (Å²) in [5.41, 5.74) is 2.88. The largest absolute Gasteiger partial charge is 0.352 e. The van der Waals surface area contributed by atoms with Gasteiger partial charge in [-0.3, -0.25) is 9.59 Å². The molecule has 0 aliphatic carbocycles. The third-order valence-corrected chi connectivity index (χ3v) is 8.51. The summed E-state index contributed by atoms with van der Waals surface area (Å²) in [5.74, 6) is 0.618. The van der Waals surface area contributed by atoms with Crippen molar-refractivity contribution in [3.63, 3.8) is 0 Å². The summed E-state index contributed by atoms with van der Waals surface area (Å²) in [6, 6.07) is 20.8. The highest BCUT2D eigenvalue weighted by atomic mass is 35.5. The summed E-state index contributed by atoms with van der Waals surface area (Å²) in [7, 11) is 0. The second kappa shape index (κ2) is 11.7. The molecule has 0 unspecified atom stereocenters. The van der Waals surface area contributed by atoms with Crippen molar-refractivity contribution in [2.24, 2.45) is 5.92 Å². The molecule has 1 fully saturated rings. The van der Waals surface area contributed by atoms with E-state index in [2.05, 4.69) is 17.1 Å². The van der Waals surface area contributed by atoms with Crippen molar-refractivity contribution >= 4 is 40.9 Å². The molecule has 3 aromatic carbocycles. The maximum atomic E-state index is 13.7. The number of carbonyl (C=O) groups is 2. The van der Waals surface area contributed by atoms with Crippen LogP contribution in [-0.4, -0.2) is 42.9 Å². The van der Waals surface area contributed by atoms with Gasteiger partial charge in [-0.15, -0.1) is 0 Å². The smallest absolute Gasteiger partial charge is 0.259 e. The first-order valence-corrected chi connectivity index (χ1v) is 14.1. The molecule has 0 saturated carbocycles. The number of benzene rings is 3. The van der Waals surface area contributed by atoms with Gasteiger partial charge >= 0.3 is 0 Å². The van der Waals surface area contributed by atoms with Gasteiger partial charge in [0.25, 0.3) is 11.8 Å². The number of nitrogens with zero attached hydrogens (tertiary/aromatic N) is 2. The number of piperidine rings is 1. The molecule has 2 amide bonds. The number of carbonyl (C=O) groups excluding carboxylic acids is 2. The zero-order chi connectivity index (χ0) is 25.8. The van der Waals surface area contributed by atoms with Gasteiger partial charge in [0.2, 0.25) is 0 Å². The average Bonchev–Trinajstić information content (AvgIpc) is 3.01. The van der Waals surface area contributed by atoms with Crippen molar-refractivity contribution in [1.82, 2.24) is 10.2 Å². The van der Waals surface area contributed by atoms with Crippen LogP contribution in [0.25, 0.3) is 0 Å². The number of likely N-dealkylation sites (tertiary alicyclic amines) is 1. The van der Waals surface area contributed by atoms with E-state index >= 15 is 0 Å². The van der Waals surface area contributed by atoms with Crippen molar-refractivity contribution in [1.29, 1.82) is 0 Å². The number of halogens is 1. The van der Waals surface area contributed by atoms with E-state index in [0.29, 0.717) is 29.2 Å². The van der Waals surface area contributed by atoms with E-state index < -0.39 is 0 Å². The van der Waals surface area contributed by atoms with Crippen LogP contribution in [0.1, 0.15) is 52.5 Å². The minimum Gasteiger partial charge on any atom is -0.352 e. The zero-order valence-electron chi connectivity index (χ0n) is 21.1. The van der Waals surface area contributed by atoms with Crippen LogP contribution in [0.2, 0.25) is 5.02 Å². The first-order chi connectivity index (χ1) is 18.0. The molecule has 5 nitrogen and oxygen atoms in total. The molecule has 0 spiro atoms. The fourth-order valence-corrected chi connectivity index (χ4v) is 6.20. The molecule has 0 aromatic heterocycles. The van der Waals surface area contributed by atoms with Crippen LogP contribution in [-0.2, 0) is 6.54 Å². The Labute approximate surface area is 228 Å². The summed E-state index contributed by atoms with van der Waals surface area (Å²) < 4.78 is 0. The summed E-state index contributed by atoms with van der Waals surface area (Å²) in [6.45, 7) is 6.62. The normalized spacial score (nSPS) is 16.2. The monoisotopic (exact) mass is 533 g/mol. The second-order valence-corrected chi connectivity index (χ2v) is 11.5. The highest BCUT2D eigenvalue weighted by Crippen LogP contribution is 2.42. The third-order valence-electron chi connectivity index (χ3n) is 7.14. The fourth-order valence-electron chi connectivity index (χ4n) is 4.93. The van der Waals surface area contributed by atoms with Gasteiger partial charge in [-0.05, 0) is 92.8 Å². The van der Waals surface area contributed by atoms with Gasteiger partial charge in [0.05, 0.1) is 17.8 Å². The van der Waals surface area contributed by atoms with Crippen LogP contribution in [0.4, 0.5) is 5.69 Å². The Morgan fingerprint density at radius 2 is 1.84 bits per heavy atom. The predicted octanol–water partition coefficient (Wildman–Crippen LogP) is 6.50. The Morgan fingerprint density at radius 3 is 2.65 bits per heavy atom. The van der Waals surface area contributed by atoms with Crippen molar-refractivity contribution in [2.45, 2.75) is 42.5 Å². The Bertz CT molecular complexity index is 1290. The number of nitrogens with one attached hydrogen (secondary N) is 1. The Hall–Kier alpha value is -2.80. The molecule has 0 atom stereocenters. The lowest BCUT2D eigenvalue weighted by molar-refractivity contribution is 0.0947. The molecule has 2 aliphatic rings. The predicted molar refractivity (Wildman–Crippen MR) is 151 cm³/mol. The maximum Gasteiger partial charge on any atom is 0.259 e. The van der Waals surface area contributed by atoms with Crippen LogP contribution >= 0.6 is 23.4 Å². The topological polar surface area (TPSA) is 52.7 Å². The molecule has 0 radical (unpaired) electrons. The quantitative estimate of drug-likeness (QED) is 0.352. The van der Waals surface area contributed by atoms with Crippen LogP contribution in [0.15, 0.2) is 76.5 Å². The van der Waals surface area contributed by atoms with Gasteiger partial charge in [0.15, 0.2) is 0 Å². The van der Waals surface area contributed by atoms with E-state index in [1.54, 1.807) is 16.7 Å². The van der Waals surface area contributed by atoms with Gasteiger partial charge in [-0.25, -0.2) is 0 Å². The lowest BCUT2D eigenvalue weighted by Crippen LogP contribution is -2.35. The van der Waals surface area contributed by atoms with Crippen molar-refractivity contribution in [3.8, 4) is 0 Å². The molecule has 1 N–H and O–H groups in total. The first-order valence-electron chi connectivity index (χ1n) is 13.0. The average molecular weight is 534 g/mol. The third kappa shape index (κ3) is 6.20. The second-order valence-electron chi connectivity index (χ2n) is 9.94. The summed E-state index contributed by atoms with van der Waals surface area (Å²) in [4.78, 5) is 32.9. The Kier molecular flexibility index (Phi) is 8.18. The number of hydrogen-bond acceptors (Lipinski definition) is 4. The molecule has 5 rings (SSSR count). The van der Waals surface area contributed by atoms with Crippen molar-refractivity contribution in [2.75, 3.05) is 31.1 Å². The standard InChI is InChI=1S/C30H32ClN3O2S/c1-21-12-16-33(17-13-21)15-5-14-32-29(35)23-10-11-28-26(19-23)34(20-22-6-4-7-24(31)18-22)30(36)25-8-2-3-9-27(25)37-28/h2-4,6-11,18-19,21H,5,12-17,20H2,1H3,(H,32,35). The van der Waals surface area contributed by atoms with Crippen LogP contribution in [0, 0.1) is 5.92 Å². The molecule has 1 saturated heterocycles. The minimum absolute atomic E-state index is 0.0877. The van der Waals surface area contributed by atoms with Gasteiger partial charge in [0, 0.05) is 26.9 Å². The maximum absolute atomic E-state index is 13.7. The van der Waals surface area contributed by atoms with Crippen LogP contribution in [0.5, 0.6) is 0 Å². The molecule has 2 aliphatic heterocycles. The molecular formula is C30H32ClN3O2S. The molecule has 37 heavy (non-hydrogen) atoms. The number of hydrogen-bond donors (Lipinski definition) is 1. The van der Waals surface area contributed by atoms with E-state index in [1.807, 2.05) is 66.7 Å². The van der Waals surface area contributed by atoms with Crippen molar-refractivity contribution < 1.29 is 9.59 Å². The molecular weight excluding hydrogens is 502 g/mol. The summed E-state index contributed by atoms with van der Waals surface area (Å²) >= 11 is 7.79. The highest BCUT2D eigenvalue weighted by molar-refractivity contribution is 7.99. The van der Waals surface area contributed by atoms with Crippen LogP contribution in [0.3, 0.4) is 0 Å². The minimum atomic E-state index is -0.114. The fraction of sp³-hybridized carbons (Fsp3) is 0.333. The van der Waals surface area contributed by atoms with Gasteiger partial charge in [0.1, 0.15) is 0 Å². The van der Waals surface area contributed by atoms with E-state index in [0.717, 1.165) is 53.0 Å². The molecule has 7 heteroatoms. The van der Waals surface area contributed by atoms with Crippen molar-refractivity contribution in [3.05, 3.63) is 88.4 Å². The molecule has 0 bridgehead atoms. The lowest BCUT2D eigenvalue weighted by Gasteiger charge is -2.30. The van der Waals surface area contributed by atoms with Gasteiger partial charge < -0.3 is 15.1 Å². The number of amides is 2. The van der Waals surface area contributed by atoms with E-state index in [1.165, 1.54) is 12.8 Å². The molecule has 3 aromatic rings. The van der Waals surface area contributed by atoms with E-state index in [9.17, 15) is 9.59 Å². The number of rotatable bonds is 7. The van der Waals surface area contributed by atoms with E-state index in [-0.39, 0.29) is 11.8 Å². The Balaban J connectivity index is 1.34. The lowest BCUT2D eigenvalue weighted by atomic mass is 9.99. The first kappa shape index (κ1) is 25.8. The van der Waals surface area contributed by atoms with E-state index in [4.69, 9.17) is 11.6 Å². The summed E-state index contributed by atoms with van der Waals surface area (Å²) in [5, 5.41) is 3.70. The SMILES string of the molecule is CC1CCN(CCCNC(=O)c2ccc3c(c2)N(Cc2cccc(Cl)c2)C(=O)c2ccccc2S3)CC1. The molecule has 192 valence electrons. The Morgan fingerprint density at radius 1 is 1.03 bits per heavy atom. The molecule has 2 heterocycles. The number of fused-ring (bicyclic) bond motifs is 2. The highest BCUT2D eigenvalue weighted by Gasteiger charge is 2.28.